The van der Waals surface area contributed by atoms with E-state index in [0.29, 0.717) is 0 Å². The van der Waals surface area contributed by atoms with E-state index in [2.05, 4.69) is 6.58 Å². The minimum absolute atomic E-state index is 0.222. The average molecular weight is 288 g/mol. The van der Waals surface area contributed by atoms with Crippen LogP contribution in [0.4, 0.5) is 0 Å². The maximum atomic E-state index is 11.4. The van der Waals surface area contributed by atoms with Crippen molar-refractivity contribution in [2.75, 3.05) is 13.2 Å². The van der Waals surface area contributed by atoms with E-state index < -0.39 is 42.5 Å². The molecule has 2 N–H and O–H groups in total. The summed E-state index contributed by atoms with van der Waals surface area (Å²) >= 11 is 0. The van der Waals surface area contributed by atoms with Crippen molar-refractivity contribution in [3.05, 3.63) is 12.2 Å². The second-order valence-electron chi connectivity index (χ2n) is 5.61. The summed E-state index contributed by atoms with van der Waals surface area (Å²) in [6, 6.07) is 0. The van der Waals surface area contributed by atoms with Gasteiger partial charge in [-0.3, -0.25) is 0 Å². The third-order valence-electron chi connectivity index (χ3n) is 3.35. The Morgan fingerprint density at radius 2 is 2.00 bits per heavy atom. The first kappa shape index (κ1) is 15.4. The molecule has 0 radical (unpaired) electrons. The highest BCUT2D eigenvalue weighted by Crippen LogP contribution is 2.42. The van der Waals surface area contributed by atoms with Crippen LogP contribution in [0.1, 0.15) is 20.8 Å². The first-order chi connectivity index (χ1) is 9.21. The molecule has 2 fully saturated rings. The number of carbonyl (C=O) groups is 1. The molecule has 20 heavy (non-hydrogen) atoms. The number of esters is 1. The summed E-state index contributed by atoms with van der Waals surface area (Å²) in [5.74, 6) is -1.49. The maximum absolute atomic E-state index is 11.4. The van der Waals surface area contributed by atoms with Crippen molar-refractivity contribution < 1.29 is 34.0 Å². The summed E-state index contributed by atoms with van der Waals surface area (Å²) in [5.41, 5.74) is -1.23. The Hall–Kier alpha value is -0.990. The van der Waals surface area contributed by atoms with Crippen LogP contribution in [0.3, 0.4) is 0 Å². The Kier molecular flexibility index (Phi) is 3.92. The molecule has 114 valence electrons. The van der Waals surface area contributed by atoms with Crippen molar-refractivity contribution >= 4 is 5.97 Å². The number of carbonyl (C=O) groups excluding carboxylic acids is 1. The predicted molar refractivity (Wildman–Crippen MR) is 66.5 cm³/mol. The Morgan fingerprint density at radius 3 is 2.50 bits per heavy atom. The van der Waals surface area contributed by atoms with Crippen LogP contribution in [0.25, 0.3) is 0 Å². The Labute approximate surface area is 117 Å². The van der Waals surface area contributed by atoms with Crippen molar-refractivity contribution in [2.24, 2.45) is 0 Å². The van der Waals surface area contributed by atoms with Gasteiger partial charge in [-0.25, -0.2) is 4.79 Å². The van der Waals surface area contributed by atoms with Crippen LogP contribution in [0.2, 0.25) is 0 Å². The van der Waals surface area contributed by atoms with Crippen molar-refractivity contribution in [1.82, 2.24) is 0 Å². The number of hydrogen-bond donors (Lipinski definition) is 2. The Morgan fingerprint density at radius 1 is 1.35 bits per heavy atom. The smallest absolute Gasteiger partial charge is 0.333 e. The molecule has 4 atom stereocenters. The van der Waals surface area contributed by atoms with E-state index in [9.17, 15) is 15.0 Å². The average Bonchev–Trinajstić information content (AvgIpc) is 2.79. The molecule has 7 nitrogen and oxygen atoms in total. The van der Waals surface area contributed by atoms with Crippen molar-refractivity contribution in [3.63, 3.8) is 0 Å². The Bertz CT molecular complexity index is 419. The molecule has 0 aromatic heterocycles. The number of hydrogen-bond acceptors (Lipinski definition) is 7. The molecule has 2 rings (SSSR count). The molecular formula is C13H20O7. The normalized spacial score (nSPS) is 38.5. The van der Waals surface area contributed by atoms with Crippen LogP contribution >= 0.6 is 0 Å². The summed E-state index contributed by atoms with van der Waals surface area (Å²) in [7, 11) is 0. The molecule has 2 aliphatic rings. The lowest BCUT2D eigenvalue weighted by molar-refractivity contribution is -0.254. The molecule has 0 bridgehead atoms. The molecular weight excluding hydrogens is 268 g/mol. The first-order valence-corrected chi connectivity index (χ1v) is 6.36. The van der Waals surface area contributed by atoms with Gasteiger partial charge in [0.2, 0.25) is 0 Å². The predicted octanol–water partition coefficient (Wildman–Crippen LogP) is -0.295. The van der Waals surface area contributed by atoms with Crippen LogP contribution in [0, 0.1) is 0 Å². The molecule has 0 spiro atoms. The fraction of sp³-hybridized carbons (Fsp3) is 0.769. The molecule has 2 saturated heterocycles. The second kappa shape index (κ2) is 5.09. The van der Waals surface area contributed by atoms with Gasteiger partial charge in [0.1, 0.15) is 18.8 Å². The third-order valence-corrected chi connectivity index (χ3v) is 3.35. The molecule has 2 aliphatic heterocycles. The topological polar surface area (TPSA) is 94.5 Å². The SMILES string of the molecule is C=C(C)C(=O)OC[C@]1(CO)O[C@@H]2OC(C)(C)O[C@@H]2[C@H]1O. The quantitative estimate of drug-likeness (QED) is 0.542. The largest absolute Gasteiger partial charge is 0.459 e. The van der Waals surface area contributed by atoms with E-state index in [1.807, 2.05) is 0 Å². The van der Waals surface area contributed by atoms with Gasteiger partial charge in [-0.1, -0.05) is 6.58 Å². The summed E-state index contributed by atoms with van der Waals surface area (Å²) in [6.45, 7) is 7.51. The van der Waals surface area contributed by atoms with Gasteiger partial charge in [0.25, 0.3) is 0 Å². The molecule has 0 aliphatic carbocycles. The summed E-state index contributed by atoms with van der Waals surface area (Å²) in [4.78, 5) is 11.4. The number of fused-ring (bicyclic) bond motifs is 1. The van der Waals surface area contributed by atoms with E-state index in [0.717, 1.165) is 0 Å². The van der Waals surface area contributed by atoms with Crippen molar-refractivity contribution in [3.8, 4) is 0 Å². The number of rotatable bonds is 4. The Balaban J connectivity index is 2.07. The van der Waals surface area contributed by atoms with E-state index in [1.54, 1.807) is 13.8 Å². The molecule has 7 heteroatoms. The van der Waals surface area contributed by atoms with Gasteiger partial charge >= 0.3 is 5.97 Å². The van der Waals surface area contributed by atoms with E-state index in [-0.39, 0.29) is 12.2 Å². The molecule has 0 aromatic rings. The van der Waals surface area contributed by atoms with Crippen LogP contribution < -0.4 is 0 Å². The number of ether oxygens (including phenoxy) is 4. The van der Waals surface area contributed by atoms with E-state index in [4.69, 9.17) is 18.9 Å². The fourth-order valence-electron chi connectivity index (χ4n) is 2.27. The highest BCUT2D eigenvalue weighted by atomic mass is 16.8. The van der Waals surface area contributed by atoms with Crippen molar-refractivity contribution in [2.45, 2.75) is 50.7 Å². The zero-order valence-corrected chi connectivity index (χ0v) is 11.8. The number of aliphatic hydroxyl groups excluding tert-OH is 2. The summed E-state index contributed by atoms with van der Waals surface area (Å²) in [5, 5.41) is 19.8. The van der Waals surface area contributed by atoms with E-state index >= 15 is 0 Å². The standard InChI is InChI=1S/C13H20O7/c1-7(2)10(16)17-6-13(5-14)9(15)8-11(20-13)19-12(3,4)18-8/h8-9,11,14-15H,1,5-6H2,2-4H3/t8-,9-,11+,13+/m1/s1. The van der Waals surface area contributed by atoms with Gasteiger partial charge in [-0.05, 0) is 20.8 Å². The second-order valence-corrected chi connectivity index (χ2v) is 5.61. The van der Waals surface area contributed by atoms with Gasteiger partial charge in [0.05, 0.1) is 6.61 Å². The lowest BCUT2D eigenvalue weighted by Gasteiger charge is -2.32. The van der Waals surface area contributed by atoms with Crippen molar-refractivity contribution in [1.29, 1.82) is 0 Å². The maximum Gasteiger partial charge on any atom is 0.333 e. The zero-order valence-electron chi connectivity index (χ0n) is 11.8. The van der Waals surface area contributed by atoms with Gasteiger partial charge in [0.15, 0.2) is 17.7 Å². The molecule has 2 heterocycles. The molecule has 0 saturated carbocycles. The lowest BCUT2D eigenvalue weighted by atomic mass is 9.97. The van der Waals surface area contributed by atoms with Crippen LogP contribution in [-0.4, -0.2) is 59.3 Å². The fourth-order valence-corrected chi connectivity index (χ4v) is 2.27. The summed E-state index contributed by atoms with van der Waals surface area (Å²) < 4.78 is 21.5. The highest BCUT2D eigenvalue weighted by molar-refractivity contribution is 5.86. The van der Waals surface area contributed by atoms with Gasteiger partial charge < -0.3 is 29.2 Å². The molecule has 0 amide bonds. The molecule has 0 unspecified atom stereocenters. The van der Waals surface area contributed by atoms with Gasteiger partial charge in [-0.15, -0.1) is 0 Å². The minimum atomic E-state index is -1.45. The number of aliphatic hydroxyl groups is 2. The highest BCUT2D eigenvalue weighted by Gasteiger charge is 2.61. The lowest BCUT2D eigenvalue weighted by Crippen LogP contribution is -2.51. The molecule has 0 aromatic carbocycles. The van der Waals surface area contributed by atoms with Crippen LogP contribution in [0.5, 0.6) is 0 Å². The van der Waals surface area contributed by atoms with Crippen LogP contribution in [0.15, 0.2) is 12.2 Å². The van der Waals surface area contributed by atoms with Gasteiger partial charge in [0, 0.05) is 5.57 Å². The van der Waals surface area contributed by atoms with Gasteiger partial charge in [-0.2, -0.15) is 0 Å². The minimum Gasteiger partial charge on any atom is -0.459 e. The summed E-state index contributed by atoms with van der Waals surface area (Å²) in [6.07, 6.45) is -2.71. The monoisotopic (exact) mass is 288 g/mol. The third kappa shape index (κ3) is 2.59. The first-order valence-electron chi connectivity index (χ1n) is 6.36. The zero-order chi connectivity index (χ0) is 15.1. The van der Waals surface area contributed by atoms with Crippen LogP contribution in [-0.2, 0) is 23.7 Å². The van der Waals surface area contributed by atoms with E-state index in [1.165, 1.54) is 6.92 Å².